The molecule has 0 aliphatic carbocycles. The van der Waals surface area contributed by atoms with Gasteiger partial charge in [-0.15, -0.1) is 11.3 Å². The van der Waals surface area contributed by atoms with Gasteiger partial charge in [-0.3, -0.25) is 4.57 Å². The fraction of sp³-hybridized carbons (Fsp3) is 0.350. The predicted molar refractivity (Wildman–Crippen MR) is 108 cm³/mol. The van der Waals surface area contributed by atoms with E-state index in [-0.39, 0.29) is 19.0 Å². The second-order valence-corrected chi connectivity index (χ2v) is 8.30. The number of benzene rings is 1. The molecule has 11 heteroatoms. The van der Waals surface area contributed by atoms with Crippen LogP contribution in [-0.4, -0.2) is 33.3 Å². The zero-order chi connectivity index (χ0) is 22.3. The standard InChI is InChI=1S/C20H19F3N4O3S/c1-11-24-18(26-8-12-4-3-5-15(30-2)17(12)14(28)10-26)25-19(29)27(11)9-13-6-7-16(31-13)20(21,22)23/h3-7,14,28H,8-10H2,1-2H3. The minimum absolute atomic E-state index is 0.0473. The number of thiophene rings is 1. The lowest BCUT2D eigenvalue weighted by Crippen LogP contribution is -2.38. The van der Waals surface area contributed by atoms with Crippen LogP contribution in [-0.2, 0) is 19.3 Å². The molecule has 0 bridgehead atoms. The van der Waals surface area contributed by atoms with E-state index in [0.29, 0.717) is 39.9 Å². The monoisotopic (exact) mass is 452 g/mol. The molecule has 1 N–H and O–H groups in total. The summed E-state index contributed by atoms with van der Waals surface area (Å²) < 4.78 is 45.0. The molecule has 1 aliphatic heterocycles. The molecule has 0 fully saturated rings. The lowest BCUT2D eigenvalue weighted by molar-refractivity contribution is -0.134. The third kappa shape index (κ3) is 4.15. The molecule has 7 nitrogen and oxygen atoms in total. The third-order valence-corrected chi connectivity index (χ3v) is 6.20. The smallest absolute Gasteiger partial charge is 0.425 e. The molecule has 0 saturated carbocycles. The van der Waals surface area contributed by atoms with Gasteiger partial charge in [0.1, 0.15) is 22.6 Å². The van der Waals surface area contributed by atoms with Crippen molar-refractivity contribution in [1.29, 1.82) is 0 Å². The highest BCUT2D eigenvalue weighted by Gasteiger charge is 2.32. The molecule has 164 valence electrons. The summed E-state index contributed by atoms with van der Waals surface area (Å²) >= 11 is 0.585. The maximum absolute atomic E-state index is 12.8. The van der Waals surface area contributed by atoms with Crippen molar-refractivity contribution < 1.29 is 23.0 Å². The molecule has 1 aromatic carbocycles. The van der Waals surface area contributed by atoms with E-state index < -0.39 is 22.8 Å². The van der Waals surface area contributed by atoms with E-state index in [1.165, 1.54) is 17.7 Å². The van der Waals surface area contributed by atoms with Gasteiger partial charge in [0.25, 0.3) is 0 Å². The van der Waals surface area contributed by atoms with Crippen LogP contribution in [0.1, 0.15) is 32.8 Å². The van der Waals surface area contributed by atoms with Gasteiger partial charge in [-0.2, -0.15) is 23.1 Å². The molecule has 0 saturated heterocycles. The molecule has 0 radical (unpaired) electrons. The van der Waals surface area contributed by atoms with Gasteiger partial charge in [-0.1, -0.05) is 12.1 Å². The molecular formula is C20H19F3N4O3S. The average Bonchev–Trinajstić information content (AvgIpc) is 3.19. The number of alkyl halides is 3. The summed E-state index contributed by atoms with van der Waals surface area (Å²) in [4.78, 5) is 22.4. The van der Waals surface area contributed by atoms with Gasteiger partial charge in [0.05, 0.1) is 20.2 Å². The maximum atomic E-state index is 12.8. The molecule has 3 heterocycles. The first kappa shape index (κ1) is 21.3. The number of rotatable bonds is 4. The van der Waals surface area contributed by atoms with Crippen LogP contribution in [0, 0.1) is 6.92 Å². The minimum Gasteiger partial charge on any atom is -0.496 e. The number of aliphatic hydroxyl groups excluding tert-OH is 1. The lowest BCUT2D eigenvalue weighted by Gasteiger charge is -2.33. The molecule has 4 rings (SSSR count). The normalized spacial score (nSPS) is 16.3. The van der Waals surface area contributed by atoms with Crippen molar-refractivity contribution in [3.05, 3.63) is 67.5 Å². The Bertz CT molecular complexity index is 1180. The fourth-order valence-corrected chi connectivity index (χ4v) is 4.48. The topological polar surface area (TPSA) is 80.5 Å². The van der Waals surface area contributed by atoms with Crippen molar-refractivity contribution in [2.75, 3.05) is 18.6 Å². The van der Waals surface area contributed by atoms with E-state index >= 15 is 0 Å². The summed E-state index contributed by atoms with van der Waals surface area (Å²) in [6.07, 6.45) is -5.27. The van der Waals surface area contributed by atoms with E-state index in [1.807, 2.05) is 12.1 Å². The van der Waals surface area contributed by atoms with E-state index in [0.717, 1.165) is 11.6 Å². The van der Waals surface area contributed by atoms with E-state index in [9.17, 15) is 23.1 Å². The highest BCUT2D eigenvalue weighted by Crippen LogP contribution is 2.36. The van der Waals surface area contributed by atoms with Crippen LogP contribution >= 0.6 is 11.3 Å². The molecule has 0 amide bonds. The van der Waals surface area contributed by atoms with Crippen molar-refractivity contribution in [2.45, 2.75) is 32.3 Å². The first-order valence-corrected chi connectivity index (χ1v) is 10.2. The van der Waals surface area contributed by atoms with Crippen LogP contribution < -0.4 is 15.3 Å². The first-order chi connectivity index (χ1) is 14.7. The second kappa shape index (κ2) is 7.97. The van der Waals surface area contributed by atoms with Crippen molar-refractivity contribution in [3.8, 4) is 5.75 Å². The second-order valence-electron chi connectivity index (χ2n) is 7.13. The van der Waals surface area contributed by atoms with Crippen molar-refractivity contribution in [3.63, 3.8) is 0 Å². The van der Waals surface area contributed by atoms with Crippen LogP contribution in [0.3, 0.4) is 0 Å². The number of aromatic nitrogens is 3. The predicted octanol–water partition coefficient (Wildman–Crippen LogP) is 3.14. The number of aryl methyl sites for hydroxylation is 1. The number of fused-ring (bicyclic) bond motifs is 1. The van der Waals surface area contributed by atoms with Crippen LogP contribution in [0.15, 0.2) is 35.1 Å². The number of β-amino-alcohol motifs (C(OH)–C–C–N with tert-alkyl or cyclic N) is 1. The van der Waals surface area contributed by atoms with Crippen molar-refractivity contribution in [1.82, 2.24) is 14.5 Å². The zero-order valence-electron chi connectivity index (χ0n) is 16.7. The molecular weight excluding hydrogens is 433 g/mol. The number of ether oxygens (including phenoxy) is 1. The van der Waals surface area contributed by atoms with Gasteiger partial charge in [0.15, 0.2) is 0 Å². The summed E-state index contributed by atoms with van der Waals surface area (Å²) in [5.41, 5.74) is 0.918. The number of methoxy groups -OCH3 is 1. The Morgan fingerprint density at radius 2 is 2.03 bits per heavy atom. The van der Waals surface area contributed by atoms with Crippen LogP contribution in [0.2, 0.25) is 0 Å². The molecule has 1 aliphatic rings. The number of hydrogen-bond donors (Lipinski definition) is 1. The molecule has 1 unspecified atom stereocenters. The van der Waals surface area contributed by atoms with Crippen molar-refractivity contribution in [2.24, 2.45) is 0 Å². The summed E-state index contributed by atoms with van der Waals surface area (Å²) in [7, 11) is 1.53. The van der Waals surface area contributed by atoms with Gasteiger partial charge in [-0.25, -0.2) is 4.79 Å². The van der Waals surface area contributed by atoms with Gasteiger partial charge >= 0.3 is 11.9 Å². The van der Waals surface area contributed by atoms with Gasteiger partial charge in [0.2, 0.25) is 5.95 Å². The Hall–Kier alpha value is -2.92. The van der Waals surface area contributed by atoms with Gasteiger partial charge < -0.3 is 14.7 Å². The Morgan fingerprint density at radius 3 is 2.68 bits per heavy atom. The molecule has 2 aromatic heterocycles. The number of nitrogens with zero attached hydrogens (tertiary/aromatic N) is 4. The van der Waals surface area contributed by atoms with E-state index in [1.54, 1.807) is 17.9 Å². The summed E-state index contributed by atoms with van der Waals surface area (Å²) in [6.45, 7) is 2.11. The van der Waals surface area contributed by atoms with E-state index in [4.69, 9.17) is 4.74 Å². The van der Waals surface area contributed by atoms with Crippen LogP contribution in [0.4, 0.5) is 19.1 Å². The average molecular weight is 452 g/mol. The maximum Gasteiger partial charge on any atom is 0.425 e. The minimum atomic E-state index is -4.42. The third-order valence-electron chi connectivity index (χ3n) is 5.08. The Morgan fingerprint density at radius 1 is 1.26 bits per heavy atom. The lowest BCUT2D eigenvalue weighted by atomic mass is 9.96. The summed E-state index contributed by atoms with van der Waals surface area (Å²) in [5, 5.41) is 10.6. The van der Waals surface area contributed by atoms with Crippen LogP contribution in [0.5, 0.6) is 5.75 Å². The largest absolute Gasteiger partial charge is 0.496 e. The first-order valence-electron chi connectivity index (χ1n) is 9.37. The Balaban J connectivity index is 1.60. The van der Waals surface area contributed by atoms with Gasteiger partial charge in [-0.05, 0) is 30.7 Å². The summed E-state index contributed by atoms with van der Waals surface area (Å²) in [5.74, 6) is 1.07. The van der Waals surface area contributed by atoms with Crippen LogP contribution in [0.25, 0.3) is 0 Å². The number of anilines is 1. The van der Waals surface area contributed by atoms with E-state index in [2.05, 4.69) is 9.97 Å². The number of aliphatic hydroxyl groups is 1. The molecule has 31 heavy (non-hydrogen) atoms. The summed E-state index contributed by atoms with van der Waals surface area (Å²) in [6, 6.07) is 7.79. The number of halogens is 3. The highest BCUT2D eigenvalue weighted by atomic mass is 32.1. The fourth-order valence-electron chi connectivity index (χ4n) is 3.62. The highest BCUT2D eigenvalue weighted by molar-refractivity contribution is 7.12. The van der Waals surface area contributed by atoms with Gasteiger partial charge in [0, 0.05) is 17.0 Å². The molecule has 3 aromatic rings. The van der Waals surface area contributed by atoms with Crippen molar-refractivity contribution >= 4 is 17.3 Å². The quantitative estimate of drug-likeness (QED) is 0.655. The zero-order valence-corrected chi connectivity index (χ0v) is 17.5. The Kier molecular flexibility index (Phi) is 5.48. The number of hydrogen-bond acceptors (Lipinski definition) is 7. The Labute approximate surface area is 179 Å². The molecule has 0 spiro atoms. The molecule has 1 atom stereocenters. The SMILES string of the molecule is COc1cccc2c1C(O)CN(c1nc(C)n(Cc3ccc(C(F)(F)F)s3)c(=O)n1)C2.